The summed E-state index contributed by atoms with van der Waals surface area (Å²) in [6.45, 7) is 0. The lowest BCUT2D eigenvalue weighted by Gasteiger charge is -2.14. The molecule has 2 aromatic heterocycles. The summed E-state index contributed by atoms with van der Waals surface area (Å²) in [5, 5.41) is 9.23. The van der Waals surface area contributed by atoms with E-state index in [1.54, 1.807) is 41.3 Å². The van der Waals surface area contributed by atoms with E-state index in [1.807, 2.05) is 17.5 Å². The molecule has 2 heterocycles. The molecule has 0 aliphatic carbocycles. The second-order valence-electron chi connectivity index (χ2n) is 5.38. The molecule has 3 rings (SSSR count). The Bertz CT molecular complexity index is 894. The van der Waals surface area contributed by atoms with Crippen LogP contribution in [-0.2, 0) is 7.05 Å². The van der Waals surface area contributed by atoms with Crippen molar-refractivity contribution in [2.24, 2.45) is 7.05 Å². The van der Waals surface area contributed by atoms with Crippen molar-refractivity contribution in [3.8, 4) is 27.8 Å². The summed E-state index contributed by atoms with van der Waals surface area (Å²) in [5.41, 5.74) is 1.74. The number of methoxy groups -OCH3 is 3. The molecule has 26 heavy (non-hydrogen) atoms. The highest BCUT2D eigenvalue weighted by Gasteiger charge is 2.18. The van der Waals surface area contributed by atoms with Gasteiger partial charge in [-0.25, -0.2) is 0 Å². The van der Waals surface area contributed by atoms with Gasteiger partial charge in [0.2, 0.25) is 5.75 Å². The number of rotatable bonds is 6. The molecule has 0 aliphatic rings. The Morgan fingerprint density at radius 1 is 1.12 bits per heavy atom. The molecule has 0 atom stereocenters. The minimum absolute atomic E-state index is 0.280. The van der Waals surface area contributed by atoms with Gasteiger partial charge in [0.05, 0.1) is 26.2 Å². The van der Waals surface area contributed by atoms with Crippen LogP contribution in [0.2, 0.25) is 0 Å². The molecule has 1 amide bonds. The van der Waals surface area contributed by atoms with Crippen LogP contribution in [0.25, 0.3) is 10.6 Å². The molecule has 136 valence electrons. The van der Waals surface area contributed by atoms with Crippen LogP contribution in [0.15, 0.2) is 35.7 Å². The maximum Gasteiger partial charge on any atom is 0.273 e. The summed E-state index contributed by atoms with van der Waals surface area (Å²) in [6.07, 6.45) is 0. The molecule has 0 bridgehead atoms. The Labute approximate surface area is 155 Å². The summed E-state index contributed by atoms with van der Waals surface area (Å²) < 4.78 is 17.5. The van der Waals surface area contributed by atoms with E-state index < -0.39 is 0 Å². The highest BCUT2D eigenvalue weighted by Crippen LogP contribution is 2.40. The van der Waals surface area contributed by atoms with Gasteiger partial charge in [0.15, 0.2) is 11.5 Å². The lowest BCUT2D eigenvalue weighted by molar-refractivity contribution is 0.101. The Kier molecular flexibility index (Phi) is 5.13. The first-order chi connectivity index (χ1) is 12.6. The SMILES string of the molecule is COc1cc(NC(=O)c2cc(-c3cccs3)nn2C)cc(OC)c1OC. The molecule has 0 radical (unpaired) electrons. The van der Waals surface area contributed by atoms with Crippen molar-refractivity contribution in [2.75, 3.05) is 26.6 Å². The van der Waals surface area contributed by atoms with E-state index in [0.29, 0.717) is 28.6 Å². The molecule has 0 fully saturated rings. The van der Waals surface area contributed by atoms with Crippen molar-refractivity contribution in [2.45, 2.75) is 0 Å². The third-order valence-corrected chi connectivity index (χ3v) is 4.70. The van der Waals surface area contributed by atoms with Crippen LogP contribution < -0.4 is 19.5 Å². The zero-order chi connectivity index (χ0) is 18.7. The molecule has 0 aliphatic heterocycles. The normalized spacial score (nSPS) is 10.5. The Morgan fingerprint density at radius 3 is 2.35 bits per heavy atom. The van der Waals surface area contributed by atoms with Gasteiger partial charge in [-0.3, -0.25) is 9.48 Å². The second-order valence-corrected chi connectivity index (χ2v) is 6.33. The smallest absolute Gasteiger partial charge is 0.273 e. The average Bonchev–Trinajstić information content (AvgIpc) is 3.30. The number of carbonyl (C=O) groups is 1. The number of aryl methyl sites for hydroxylation is 1. The lowest BCUT2D eigenvalue weighted by atomic mass is 10.2. The first kappa shape index (κ1) is 17.8. The molecule has 0 spiro atoms. The summed E-state index contributed by atoms with van der Waals surface area (Å²) in [7, 11) is 6.32. The van der Waals surface area contributed by atoms with Crippen LogP contribution in [-0.4, -0.2) is 37.0 Å². The van der Waals surface area contributed by atoms with Crippen LogP contribution in [0.4, 0.5) is 5.69 Å². The van der Waals surface area contributed by atoms with E-state index in [2.05, 4.69) is 10.4 Å². The first-order valence-corrected chi connectivity index (χ1v) is 8.64. The standard InChI is InChI=1S/C18H19N3O4S/c1-21-13(10-12(20-21)16-6-5-7-26-16)18(22)19-11-8-14(23-2)17(25-4)15(9-11)24-3/h5-10H,1-4H3,(H,19,22). The molecule has 1 N–H and O–H groups in total. The first-order valence-electron chi connectivity index (χ1n) is 7.76. The quantitative estimate of drug-likeness (QED) is 0.717. The van der Waals surface area contributed by atoms with Crippen molar-refractivity contribution in [3.63, 3.8) is 0 Å². The van der Waals surface area contributed by atoms with Gasteiger partial charge in [-0.15, -0.1) is 11.3 Å². The molecule has 8 heteroatoms. The fraction of sp³-hybridized carbons (Fsp3) is 0.222. The zero-order valence-electron chi connectivity index (χ0n) is 14.9. The van der Waals surface area contributed by atoms with Gasteiger partial charge in [0, 0.05) is 24.9 Å². The minimum atomic E-state index is -0.280. The predicted octanol–water partition coefficient (Wildman–Crippen LogP) is 3.43. The van der Waals surface area contributed by atoms with E-state index in [9.17, 15) is 4.79 Å². The lowest BCUT2D eigenvalue weighted by Crippen LogP contribution is -2.16. The van der Waals surface area contributed by atoms with Crippen molar-refractivity contribution >= 4 is 22.9 Å². The number of nitrogens with one attached hydrogen (secondary N) is 1. The molecule has 1 aromatic carbocycles. The third-order valence-electron chi connectivity index (χ3n) is 3.81. The van der Waals surface area contributed by atoms with E-state index in [-0.39, 0.29) is 5.91 Å². The molecule has 0 saturated heterocycles. The Balaban J connectivity index is 1.89. The van der Waals surface area contributed by atoms with E-state index >= 15 is 0 Å². The zero-order valence-corrected chi connectivity index (χ0v) is 15.7. The molecular formula is C18H19N3O4S. The summed E-state index contributed by atoms with van der Waals surface area (Å²) in [5.74, 6) is 1.11. The van der Waals surface area contributed by atoms with Gasteiger partial charge < -0.3 is 19.5 Å². The maximum atomic E-state index is 12.7. The molecule has 3 aromatic rings. The number of hydrogen-bond donors (Lipinski definition) is 1. The van der Waals surface area contributed by atoms with E-state index in [4.69, 9.17) is 14.2 Å². The Morgan fingerprint density at radius 2 is 1.81 bits per heavy atom. The van der Waals surface area contributed by atoms with Crippen molar-refractivity contribution < 1.29 is 19.0 Å². The second kappa shape index (κ2) is 7.49. The number of thiophene rings is 1. The van der Waals surface area contributed by atoms with Crippen LogP contribution in [0.3, 0.4) is 0 Å². The Hall–Kier alpha value is -3.00. The molecule has 0 unspecified atom stereocenters. The van der Waals surface area contributed by atoms with E-state index in [1.165, 1.54) is 21.3 Å². The van der Waals surface area contributed by atoms with Crippen molar-refractivity contribution in [1.29, 1.82) is 0 Å². The van der Waals surface area contributed by atoms with Gasteiger partial charge in [-0.05, 0) is 17.5 Å². The number of aromatic nitrogens is 2. The van der Waals surface area contributed by atoms with Crippen LogP contribution >= 0.6 is 11.3 Å². The fourth-order valence-electron chi connectivity index (χ4n) is 2.57. The topological polar surface area (TPSA) is 74.6 Å². The fourth-order valence-corrected chi connectivity index (χ4v) is 3.25. The van der Waals surface area contributed by atoms with Gasteiger partial charge in [0.25, 0.3) is 5.91 Å². The predicted molar refractivity (Wildman–Crippen MR) is 101 cm³/mol. The van der Waals surface area contributed by atoms with Crippen LogP contribution in [0.5, 0.6) is 17.2 Å². The summed E-state index contributed by atoms with van der Waals surface area (Å²) in [4.78, 5) is 13.7. The monoisotopic (exact) mass is 373 g/mol. The minimum Gasteiger partial charge on any atom is -0.493 e. The highest BCUT2D eigenvalue weighted by molar-refractivity contribution is 7.13. The summed E-state index contributed by atoms with van der Waals surface area (Å²) in [6, 6.07) is 9.03. The van der Waals surface area contributed by atoms with Gasteiger partial charge in [-0.1, -0.05) is 6.07 Å². The third kappa shape index (κ3) is 3.36. The van der Waals surface area contributed by atoms with Gasteiger partial charge in [-0.2, -0.15) is 5.10 Å². The number of carbonyl (C=O) groups excluding carboxylic acids is 1. The number of nitrogens with zero attached hydrogens (tertiary/aromatic N) is 2. The molecule has 0 saturated carbocycles. The van der Waals surface area contributed by atoms with E-state index in [0.717, 1.165) is 10.6 Å². The van der Waals surface area contributed by atoms with Crippen LogP contribution in [0.1, 0.15) is 10.5 Å². The number of amides is 1. The number of ether oxygens (including phenoxy) is 3. The van der Waals surface area contributed by atoms with Gasteiger partial charge in [0.1, 0.15) is 11.4 Å². The van der Waals surface area contributed by atoms with Crippen LogP contribution in [0, 0.1) is 0 Å². The molecule has 7 nitrogen and oxygen atoms in total. The number of hydrogen-bond acceptors (Lipinski definition) is 6. The molecular weight excluding hydrogens is 354 g/mol. The summed E-state index contributed by atoms with van der Waals surface area (Å²) >= 11 is 1.57. The van der Waals surface area contributed by atoms with Gasteiger partial charge >= 0.3 is 0 Å². The highest BCUT2D eigenvalue weighted by atomic mass is 32.1. The largest absolute Gasteiger partial charge is 0.493 e. The van der Waals surface area contributed by atoms with Crippen molar-refractivity contribution in [3.05, 3.63) is 41.4 Å². The number of benzene rings is 1. The number of anilines is 1. The van der Waals surface area contributed by atoms with Crippen molar-refractivity contribution in [1.82, 2.24) is 9.78 Å². The average molecular weight is 373 g/mol. The maximum absolute atomic E-state index is 12.7.